The molecule has 4 saturated carbocycles. The zero-order valence-electron chi connectivity index (χ0n) is 10.9. The Morgan fingerprint density at radius 3 is 2.17 bits per heavy atom. The minimum atomic E-state index is -0.357. The summed E-state index contributed by atoms with van der Waals surface area (Å²) in [6.07, 6.45) is 9.16. The van der Waals surface area contributed by atoms with E-state index in [1.54, 1.807) is 0 Å². The van der Waals surface area contributed by atoms with Crippen molar-refractivity contribution in [2.75, 3.05) is 13.2 Å². The molecular formula is C15H22O3. The van der Waals surface area contributed by atoms with Crippen LogP contribution >= 0.6 is 0 Å². The molecule has 0 aromatic heterocycles. The number of rotatable bonds is 5. The summed E-state index contributed by atoms with van der Waals surface area (Å²) in [5, 5.41) is 0. The molecule has 0 heterocycles. The summed E-state index contributed by atoms with van der Waals surface area (Å²) in [6.45, 7) is 4.27. The zero-order chi connectivity index (χ0) is 12.6. The van der Waals surface area contributed by atoms with Crippen LogP contribution in [0.5, 0.6) is 0 Å². The molecule has 4 fully saturated rings. The number of esters is 1. The highest BCUT2D eigenvalue weighted by molar-refractivity contribution is 5.81. The van der Waals surface area contributed by atoms with E-state index < -0.39 is 0 Å². The number of carbonyl (C=O) groups is 1. The summed E-state index contributed by atoms with van der Waals surface area (Å²) in [6, 6.07) is 0. The monoisotopic (exact) mass is 250 g/mol. The van der Waals surface area contributed by atoms with Gasteiger partial charge in [0, 0.05) is 6.08 Å². The van der Waals surface area contributed by atoms with Gasteiger partial charge in [0.05, 0.1) is 12.2 Å². The first-order chi connectivity index (χ1) is 8.69. The first-order valence-corrected chi connectivity index (χ1v) is 7.12. The fourth-order valence-corrected chi connectivity index (χ4v) is 4.67. The molecule has 18 heavy (non-hydrogen) atoms. The van der Waals surface area contributed by atoms with Crippen LogP contribution in [0.1, 0.15) is 38.5 Å². The third-order valence-corrected chi connectivity index (χ3v) is 4.88. The van der Waals surface area contributed by atoms with Crippen molar-refractivity contribution in [2.24, 2.45) is 17.8 Å². The first kappa shape index (κ1) is 12.2. The van der Waals surface area contributed by atoms with Crippen LogP contribution in [0.4, 0.5) is 0 Å². The van der Waals surface area contributed by atoms with Gasteiger partial charge >= 0.3 is 5.97 Å². The first-order valence-electron chi connectivity index (χ1n) is 7.12. The summed E-state index contributed by atoms with van der Waals surface area (Å²) < 4.78 is 11.1. The van der Waals surface area contributed by atoms with Gasteiger partial charge in [0.15, 0.2) is 0 Å². The van der Waals surface area contributed by atoms with Gasteiger partial charge in [-0.2, -0.15) is 0 Å². The van der Waals surface area contributed by atoms with Gasteiger partial charge in [0.1, 0.15) is 6.61 Å². The van der Waals surface area contributed by atoms with Crippen molar-refractivity contribution in [2.45, 2.75) is 44.1 Å². The van der Waals surface area contributed by atoms with Crippen LogP contribution in [0.25, 0.3) is 0 Å². The van der Waals surface area contributed by atoms with Crippen LogP contribution in [0.15, 0.2) is 12.7 Å². The molecule has 0 aliphatic heterocycles. The maximum absolute atomic E-state index is 10.9. The van der Waals surface area contributed by atoms with Crippen molar-refractivity contribution in [1.29, 1.82) is 0 Å². The van der Waals surface area contributed by atoms with Gasteiger partial charge in [-0.1, -0.05) is 6.58 Å². The standard InChI is InChI=1S/C15H22O3/c1-2-14(16)17-3-4-18-15-8-11-5-12(9-15)7-13(6-11)10-15/h2,11-13H,1,3-10H2. The molecule has 0 N–H and O–H groups in total. The molecule has 0 saturated heterocycles. The molecule has 0 radical (unpaired) electrons. The molecule has 0 aromatic carbocycles. The Bertz CT molecular complexity index is 312. The van der Waals surface area contributed by atoms with Crippen LogP contribution in [-0.2, 0) is 14.3 Å². The normalized spacial score (nSPS) is 40.8. The molecule has 0 aromatic rings. The van der Waals surface area contributed by atoms with Crippen LogP contribution in [-0.4, -0.2) is 24.8 Å². The Hall–Kier alpha value is -0.830. The lowest BCUT2D eigenvalue weighted by molar-refractivity contribution is -0.172. The van der Waals surface area contributed by atoms with E-state index in [2.05, 4.69) is 6.58 Å². The van der Waals surface area contributed by atoms with Gasteiger partial charge in [-0.15, -0.1) is 0 Å². The third kappa shape index (κ3) is 2.33. The fourth-order valence-electron chi connectivity index (χ4n) is 4.67. The predicted molar refractivity (Wildman–Crippen MR) is 68.0 cm³/mol. The van der Waals surface area contributed by atoms with Gasteiger partial charge in [0.2, 0.25) is 0 Å². The van der Waals surface area contributed by atoms with Crippen molar-refractivity contribution < 1.29 is 14.3 Å². The number of hydrogen-bond acceptors (Lipinski definition) is 3. The van der Waals surface area contributed by atoms with Crippen LogP contribution in [0.2, 0.25) is 0 Å². The van der Waals surface area contributed by atoms with E-state index in [1.807, 2.05) is 0 Å². The maximum atomic E-state index is 10.9. The van der Waals surface area contributed by atoms with Crippen molar-refractivity contribution in [3.8, 4) is 0 Å². The second-order valence-electron chi connectivity index (χ2n) is 6.32. The molecule has 0 atom stereocenters. The van der Waals surface area contributed by atoms with Gasteiger partial charge in [0.25, 0.3) is 0 Å². The molecule has 0 spiro atoms. The molecule has 100 valence electrons. The Kier molecular flexibility index (Phi) is 3.18. The van der Waals surface area contributed by atoms with Crippen LogP contribution in [0, 0.1) is 17.8 Å². The Labute approximate surface area is 109 Å². The van der Waals surface area contributed by atoms with E-state index in [9.17, 15) is 4.79 Å². The van der Waals surface area contributed by atoms with E-state index in [0.29, 0.717) is 13.2 Å². The van der Waals surface area contributed by atoms with E-state index in [1.165, 1.54) is 44.6 Å². The average Bonchev–Trinajstić information content (AvgIpc) is 2.32. The van der Waals surface area contributed by atoms with E-state index in [4.69, 9.17) is 9.47 Å². The molecule has 4 aliphatic rings. The highest BCUT2D eigenvalue weighted by Crippen LogP contribution is 2.57. The summed E-state index contributed by atoms with van der Waals surface area (Å²) in [5.74, 6) is 2.33. The molecule has 4 aliphatic carbocycles. The van der Waals surface area contributed by atoms with Crippen LogP contribution < -0.4 is 0 Å². The highest BCUT2D eigenvalue weighted by atomic mass is 16.6. The van der Waals surface area contributed by atoms with Crippen molar-refractivity contribution >= 4 is 5.97 Å². The topological polar surface area (TPSA) is 35.5 Å². The van der Waals surface area contributed by atoms with E-state index >= 15 is 0 Å². The molecule has 0 amide bonds. The lowest BCUT2D eigenvalue weighted by Crippen LogP contribution is -2.52. The smallest absolute Gasteiger partial charge is 0.330 e. The highest BCUT2D eigenvalue weighted by Gasteiger charge is 2.51. The van der Waals surface area contributed by atoms with E-state index in [-0.39, 0.29) is 11.6 Å². The number of ether oxygens (including phenoxy) is 2. The fraction of sp³-hybridized carbons (Fsp3) is 0.800. The lowest BCUT2D eigenvalue weighted by atomic mass is 9.54. The molecule has 0 unspecified atom stereocenters. The Morgan fingerprint density at radius 2 is 1.67 bits per heavy atom. The van der Waals surface area contributed by atoms with Gasteiger partial charge in [-0.3, -0.25) is 0 Å². The largest absolute Gasteiger partial charge is 0.460 e. The Morgan fingerprint density at radius 1 is 1.11 bits per heavy atom. The number of hydrogen-bond donors (Lipinski definition) is 0. The SMILES string of the molecule is C=CC(=O)OCCOC12CC3CC(CC(C3)C1)C2. The van der Waals surface area contributed by atoms with Crippen molar-refractivity contribution in [3.63, 3.8) is 0 Å². The minimum absolute atomic E-state index is 0.120. The molecular weight excluding hydrogens is 228 g/mol. The second kappa shape index (κ2) is 4.69. The summed E-state index contributed by atoms with van der Waals surface area (Å²) in [7, 11) is 0. The lowest BCUT2D eigenvalue weighted by Gasteiger charge is -2.56. The van der Waals surface area contributed by atoms with Gasteiger partial charge in [-0.05, 0) is 56.3 Å². The zero-order valence-corrected chi connectivity index (χ0v) is 10.9. The molecule has 3 nitrogen and oxygen atoms in total. The van der Waals surface area contributed by atoms with Crippen LogP contribution in [0.3, 0.4) is 0 Å². The average molecular weight is 250 g/mol. The summed E-state index contributed by atoms with van der Waals surface area (Å²) in [5.41, 5.74) is 0.120. The quantitative estimate of drug-likeness (QED) is 0.427. The molecule has 4 rings (SSSR count). The molecule has 4 bridgehead atoms. The Balaban J connectivity index is 1.50. The summed E-state index contributed by atoms with van der Waals surface area (Å²) >= 11 is 0. The van der Waals surface area contributed by atoms with Crippen molar-refractivity contribution in [3.05, 3.63) is 12.7 Å². The molecule has 3 heteroatoms. The predicted octanol–water partition coefficient (Wildman–Crippen LogP) is 2.70. The van der Waals surface area contributed by atoms with Gasteiger partial charge in [-0.25, -0.2) is 4.79 Å². The second-order valence-corrected chi connectivity index (χ2v) is 6.32. The van der Waals surface area contributed by atoms with E-state index in [0.717, 1.165) is 17.8 Å². The number of carbonyl (C=O) groups excluding carboxylic acids is 1. The van der Waals surface area contributed by atoms with Gasteiger partial charge < -0.3 is 9.47 Å². The van der Waals surface area contributed by atoms with Crippen molar-refractivity contribution in [1.82, 2.24) is 0 Å². The summed E-state index contributed by atoms with van der Waals surface area (Å²) in [4.78, 5) is 10.9. The maximum Gasteiger partial charge on any atom is 0.330 e. The minimum Gasteiger partial charge on any atom is -0.460 e. The third-order valence-electron chi connectivity index (χ3n) is 4.88.